The van der Waals surface area contributed by atoms with Crippen LogP contribution in [0.4, 0.5) is 5.69 Å². The first kappa shape index (κ1) is 11.0. The molecule has 0 aliphatic carbocycles. The quantitative estimate of drug-likeness (QED) is 0.542. The minimum absolute atomic E-state index is 0.0265. The van der Waals surface area contributed by atoms with Gasteiger partial charge in [-0.3, -0.25) is 10.6 Å². The van der Waals surface area contributed by atoms with Crippen molar-refractivity contribution in [3.05, 3.63) is 21.6 Å². The molecule has 6 nitrogen and oxygen atoms in total. The molecule has 0 fully saturated rings. The van der Waals surface area contributed by atoms with E-state index in [0.29, 0.717) is 18.8 Å². The third-order valence-electron chi connectivity index (χ3n) is 1.65. The third-order valence-corrected chi connectivity index (χ3v) is 2.01. The zero-order valence-corrected chi connectivity index (χ0v) is 8.41. The van der Waals surface area contributed by atoms with Gasteiger partial charge in [0, 0.05) is 7.11 Å². The van der Waals surface area contributed by atoms with Crippen LogP contribution in [0.5, 0.6) is 0 Å². The predicted octanol–water partition coefficient (Wildman–Crippen LogP) is -0.171. The molecule has 1 heterocycles. The largest absolute Gasteiger partial charge is 0.383 e. The van der Waals surface area contributed by atoms with Crippen molar-refractivity contribution in [2.45, 2.75) is 6.54 Å². The van der Waals surface area contributed by atoms with Gasteiger partial charge in [-0.05, 0) is 0 Å². The molecule has 14 heavy (non-hydrogen) atoms. The summed E-state index contributed by atoms with van der Waals surface area (Å²) in [6.07, 6.45) is 1.39. The zero-order valence-electron chi connectivity index (χ0n) is 7.66. The van der Waals surface area contributed by atoms with E-state index >= 15 is 0 Å². The molecule has 0 atom stereocenters. The smallest absolute Gasteiger partial charge is 0.287 e. The lowest BCUT2D eigenvalue weighted by atomic mass is 10.5. The number of methoxy groups -OCH3 is 1. The number of hydrogen-bond donors (Lipinski definition) is 2. The highest BCUT2D eigenvalue weighted by atomic mass is 35.5. The van der Waals surface area contributed by atoms with Crippen LogP contribution < -0.4 is 16.8 Å². The van der Waals surface area contributed by atoms with Gasteiger partial charge in [0.2, 0.25) is 0 Å². The Morgan fingerprint density at radius 3 is 3.07 bits per heavy atom. The number of nitrogens with one attached hydrogen (secondary N) is 1. The molecule has 0 spiro atoms. The normalized spacial score (nSPS) is 10.2. The number of halogens is 1. The molecule has 1 aromatic rings. The number of nitrogen functional groups attached to an aromatic ring is 1. The maximum Gasteiger partial charge on any atom is 0.287 e. The van der Waals surface area contributed by atoms with E-state index in [1.165, 1.54) is 10.9 Å². The molecule has 3 N–H and O–H groups in total. The van der Waals surface area contributed by atoms with Crippen LogP contribution >= 0.6 is 11.6 Å². The summed E-state index contributed by atoms with van der Waals surface area (Å²) >= 11 is 5.72. The van der Waals surface area contributed by atoms with Crippen LogP contribution in [0.3, 0.4) is 0 Å². The average molecular weight is 219 g/mol. The summed E-state index contributed by atoms with van der Waals surface area (Å²) < 4.78 is 6.03. The summed E-state index contributed by atoms with van der Waals surface area (Å²) in [5, 5.41) is 3.87. The molecule has 0 saturated carbocycles. The lowest BCUT2D eigenvalue weighted by Gasteiger charge is -2.06. The summed E-state index contributed by atoms with van der Waals surface area (Å²) in [6.45, 7) is 0.762. The molecule has 0 unspecified atom stereocenters. The summed E-state index contributed by atoms with van der Waals surface area (Å²) in [4.78, 5) is 11.5. The van der Waals surface area contributed by atoms with E-state index in [-0.39, 0.29) is 10.6 Å². The molecule has 0 amide bonds. The van der Waals surface area contributed by atoms with Crippen LogP contribution in [0.25, 0.3) is 0 Å². The molecule has 0 saturated heterocycles. The van der Waals surface area contributed by atoms with Crippen LogP contribution in [0.15, 0.2) is 11.0 Å². The number of rotatable bonds is 4. The number of hydrogen-bond acceptors (Lipinski definition) is 5. The molecular formula is C7H11ClN4O2. The Morgan fingerprint density at radius 2 is 2.50 bits per heavy atom. The maximum atomic E-state index is 11.5. The van der Waals surface area contributed by atoms with Gasteiger partial charge in [0.1, 0.15) is 5.02 Å². The van der Waals surface area contributed by atoms with Crippen molar-refractivity contribution < 1.29 is 4.74 Å². The molecule has 0 bridgehead atoms. The Balaban J connectivity index is 2.99. The highest BCUT2D eigenvalue weighted by Gasteiger charge is 2.07. The van der Waals surface area contributed by atoms with E-state index in [1.54, 1.807) is 7.11 Å². The standard InChI is InChI=1S/C7H11ClN4O2/c1-14-3-2-12-7(13)6(8)5(11-9)4-10-12/h4,11H,2-3,9H2,1H3. The zero-order chi connectivity index (χ0) is 10.6. The van der Waals surface area contributed by atoms with Crippen molar-refractivity contribution in [1.82, 2.24) is 9.78 Å². The van der Waals surface area contributed by atoms with Crippen molar-refractivity contribution in [2.24, 2.45) is 5.84 Å². The van der Waals surface area contributed by atoms with Gasteiger partial charge < -0.3 is 10.2 Å². The number of hydrazine groups is 1. The van der Waals surface area contributed by atoms with Crippen molar-refractivity contribution in [2.75, 3.05) is 19.1 Å². The highest BCUT2D eigenvalue weighted by Crippen LogP contribution is 2.12. The van der Waals surface area contributed by atoms with E-state index in [9.17, 15) is 4.79 Å². The highest BCUT2D eigenvalue weighted by molar-refractivity contribution is 6.32. The molecule has 78 valence electrons. The minimum Gasteiger partial charge on any atom is -0.383 e. The van der Waals surface area contributed by atoms with Gasteiger partial charge in [0.05, 0.1) is 25.0 Å². The van der Waals surface area contributed by atoms with Gasteiger partial charge in [0.25, 0.3) is 5.56 Å². The fourth-order valence-electron chi connectivity index (χ4n) is 0.903. The van der Waals surface area contributed by atoms with E-state index < -0.39 is 0 Å². The molecule has 0 aromatic carbocycles. The molecule has 1 rings (SSSR count). The fraction of sp³-hybridized carbons (Fsp3) is 0.429. The lowest BCUT2D eigenvalue weighted by molar-refractivity contribution is 0.182. The SMILES string of the molecule is COCCn1ncc(NN)c(Cl)c1=O. The maximum absolute atomic E-state index is 11.5. The van der Waals surface area contributed by atoms with Crippen LogP contribution in [-0.2, 0) is 11.3 Å². The predicted molar refractivity (Wildman–Crippen MR) is 53.2 cm³/mol. The first-order valence-electron chi connectivity index (χ1n) is 3.92. The fourth-order valence-corrected chi connectivity index (χ4v) is 1.10. The Labute approximate surface area is 85.6 Å². The average Bonchev–Trinajstić information content (AvgIpc) is 2.20. The second-order valence-electron chi connectivity index (χ2n) is 2.54. The van der Waals surface area contributed by atoms with Gasteiger partial charge in [-0.25, -0.2) is 4.68 Å². The Morgan fingerprint density at radius 1 is 1.79 bits per heavy atom. The number of nitrogens with two attached hydrogens (primary N) is 1. The lowest BCUT2D eigenvalue weighted by Crippen LogP contribution is -2.26. The first-order chi connectivity index (χ1) is 6.70. The monoisotopic (exact) mass is 218 g/mol. The second kappa shape index (κ2) is 4.94. The van der Waals surface area contributed by atoms with Crippen LogP contribution in [0, 0.1) is 0 Å². The minimum atomic E-state index is -0.390. The van der Waals surface area contributed by atoms with Gasteiger partial charge in [0.15, 0.2) is 0 Å². The Hall–Kier alpha value is -1.11. The van der Waals surface area contributed by atoms with E-state index in [2.05, 4.69) is 10.5 Å². The van der Waals surface area contributed by atoms with Crippen LogP contribution in [0.2, 0.25) is 5.02 Å². The molecule has 7 heteroatoms. The van der Waals surface area contributed by atoms with E-state index in [4.69, 9.17) is 22.2 Å². The van der Waals surface area contributed by atoms with E-state index in [0.717, 1.165) is 0 Å². The number of anilines is 1. The molecule has 1 aromatic heterocycles. The van der Waals surface area contributed by atoms with Gasteiger partial charge in [-0.15, -0.1) is 0 Å². The molecule has 0 radical (unpaired) electrons. The number of ether oxygens (including phenoxy) is 1. The topological polar surface area (TPSA) is 82.2 Å². The number of nitrogens with zero attached hydrogens (tertiary/aromatic N) is 2. The van der Waals surface area contributed by atoms with Crippen molar-refractivity contribution >= 4 is 17.3 Å². The third kappa shape index (κ3) is 2.22. The molecule has 0 aliphatic heterocycles. The summed E-state index contributed by atoms with van der Waals surface area (Å²) in [7, 11) is 1.54. The van der Waals surface area contributed by atoms with Crippen molar-refractivity contribution in [3.8, 4) is 0 Å². The summed E-state index contributed by atoms with van der Waals surface area (Å²) in [5.41, 5.74) is 2.20. The molecule has 0 aliphatic rings. The van der Waals surface area contributed by atoms with Gasteiger partial charge >= 0.3 is 0 Å². The van der Waals surface area contributed by atoms with Crippen LogP contribution in [-0.4, -0.2) is 23.5 Å². The van der Waals surface area contributed by atoms with Crippen LogP contribution in [0.1, 0.15) is 0 Å². The Kier molecular flexibility index (Phi) is 3.87. The summed E-state index contributed by atoms with van der Waals surface area (Å²) in [5.74, 6) is 5.12. The van der Waals surface area contributed by atoms with E-state index in [1.807, 2.05) is 0 Å². The second-order valence-corrected chi connectivity index (χ2v) is 2.92. The van der Waals surface area contributed by atoms with Gasteiger partial charge in [-0.2, -0.15) is 5.10 Å². The number of aromatic nitrogens is 2. The Bertz CT molecular complexity index is 365. The van der Waals surface area contributed by atoms with Gasteiger partial charge in [-0.1, -0.05) is 11.6 Å². The molecular weight excluding hydrogens is 208 g/mol. The first-order valence-corrected chi connectivity index (χ1v) is 4.29. The summed E-state index contributed by atoms with van der Waals surface area (Å²) in [6, 6.07) is 0. The van der Waals surface area contributed by atoms with Crippen molar-refractivity contribution in [3.63, 3.8) is 0 Å². The van der Waals surface area contributed by atoms with Crippen molar-refractivity contribution in [1.29, 1.82) is 0 Å².